The average molecular weight is 371 g/mol. The summed E-state index contributed by atoms with van der Waals surface area (Å²) in [5, 5.41) is 0. The molecule has 2 atom stereocenters. The lowest BCUT2D eigenvalue weighted by atomic mass is 9.91. The van der Waals surface area contributed by atoms with Crippen LogP contribution in [0, 0.1) is 5.92 Å². The molecule has 2 aliphatic rings. The molecule has 138 valence electrons. The van der Waals surface area contributed by atoms with Crippen LogP contribution >= 0.6 is 0 Å². The summed E-state index contributed by atoms with van der Waals surface area (Å²) in [5.74, 6) is 0.624. The van der Waals surface area contributed by atoms with Crippen LogP contribution in [0.1, 0.15) is 17.5 Å². The van der Waals surface area contributed by atoms with Crippen molar-refractivity contribution in [1.82, 2.24) is 9.21 Å². The first kappa shape index (κ1) is 17.7. The van der Waals surface area contributed by atoms with Crippen LogP contribution in [0.5, 0.6) is 0 Å². The lowest BCUT2D eigenvalue weighted by molar-refractivity contribution is 0.0507. The molecule has 4 nitrogen and oxygen atoms in total. The number of sulfonamides is 1. The first-order chi connectivity index (χ1) is 12.6. The molecular weight excluding hydrogens is 344 g/mol. The van der Waals surface area contributed by atoms with E-state index in [0.29, 0.717) is 25.0 Å². The van der Waals surface area contributed by atoms with Gasteiger partial charge in [-0.05, 0) is 30.5 Å². The fraction of sp³-hybridized carbons (Fsp3) is 0.429. The highest BCUT2D eigenvalue weighted by Gasteiger charge is 2.48. The number of likely N-dealkylation sites (tertiary alicyclic amines) is 1. The number of aryl methyl sites for hydroxylation is 1. The summed E-state index contributed by atoms with van der Waals surface area (Å²) in [4.78, 5) is 2.46. The predicted molar refractivity (Wildman–Crippen MR) is 104 cm³/mol. The minimum atomic E-state index is -3.22. The molecule has 2 unspecified atom stereocenters. The van der Waals surface area contributed by atoms with E-state index in [9.17, 15) is 8.42 Å². The van der Waals surface area contributed by atoms with Crippen molar-refractivity contribution in [2.75, 3.05) is 26.2 Å². The van der Waals surface area contributed by atoms with Crippen LogP contribution in [0.2, 0.25) is 0 Å². The Hall–Kier alpha value is -1.69. The third kappa shape index (κ3) is 3.85. The largest absolute Gasteiger partial charge is 0.298 e. The van der Waals surface area contributed by atoms with Crippen LogP contribution < -0.4 is 0 Å². The number of nitrogens with zero attached hydrogens (tertiary/aromatic N) is 2. The van der Waals surface area contributed by atoms with Crippen molar-refractivity contribution < 1.29 is 8.42 Å². The maximum absolute atomic E-state index is 12.7. The second-order valence-electron chi connectivity index (χ2n) is 7.47. The maximum atomic E-state index is 12.7. The van der Waals surface area contributed by atoms with Gasteiger partial charge in [0.2, 0.25) is 10.0 Å². The van der Waals surface area contributed by atoms with Crippen LogP contribution in [0.15, 0.2) is 60.7 Å². The van der Waals surface area contributed by atoms with Crippen molar-refractivity contribution in [2.45, 2.75) is 24.6 Å². The third-order valence-corrected chi connectivity index (χ3v) is 7.43. The molecule has 0 bridgehead atoms. The molecule has 2 aromatic rings. The average Bonchev–Trinajstić information content (AvgIpc) is 2.98. The van der Waals surface area contributed by atoms with Crippen molar-refractivity contribution in [2.24, 2.45) is 5.92 Å². The van der Waals surface area contributed by atoms with E-state index in [-0.39, 0.29) is 5.75 Å². The second-order valence-corrected chi connectivity index (χ2v) is 9.44. The van der Waals surface area contributed by atoms with Crippen LogP contribution in [-0.2, 0) is 22.2 Å². The number of benzene rings is 2. The second kappa shape index (κ2) is 7.51. The summed E-state index contributed by atoms with van der Waals surface area (Å²) in [6.45, 7) is 3.44. The Bertz CT molecular complexity index is 824. The minimum absolute atomic E-state index is 0.112. The Balaban J connectivity index is 1.28. The van der Waals surface area contributed by atoms with E-state index in [0.717, 1.165) is 31.5 Å². The molecule has 0 amide bonds. The zero-order chi connectivity index (χ0) is 18.0. The maximum Gasteiger partial charge on any atom is 0.218 e. The van der Waals surface area contributed by atoms with Gasteiger partial charge in [-0.15, -0.1) is 0 Å². The number of fused-ring (bicyclic) bond motifs is 1. The van der Waals surface area contributed by atoms with Crippen molar-refractivity contribution in [3.8, 4) is 0 Å². The molecule has 0 radical (unpaired) electrons. The van der Waals surface area contributed by atoms with E-state index in [4.69, 9.17) is 0 Å². The summed E-state index contributed by atoms with van der Waals surface area (Å²) in [7, 11) is -3.22. The Labute approximate surface area is 156 Å². The first-order valence-electron chi connectivity index (χ1n) is 9.41. The molecule has 0 N–H and O–H groups in total. The monoisotopic (exact) mass is 370 g/mol. The highest BCUT2D eigenvalue weighted by molar-refractivity contribution is 7.88. The van der Waals surface area contributed by atoms with Gasteiger partial charge in [0.1, 0.15) is 0 Å². The summed E-state index contributed by atoms with van der Waals surface area (Å²) < 4.78 is 27.2. The fourth-order valence-electron chi connectivity index (χ4n) is 4.20. The van der Waals surface area contributed by atoms with Gasteiger partial charge in [0.15, 0.2) is 0 Å². The standard InChI is InChI=1S/C21H26N2O2S/c24-26(25,17-19-10-5-2-6-11-19)23-15-20-14-22(21(20)16-23)13-7-12-18-8-3-1-4-9-18/h1-6,8-11,20-21H,7,12-17H2. The Morgan fingerprint density at radius 2 is 1.50 bits per heavy atom. The zero-order valence-corrected chi connectivity index (χ0v) is 15.8. The summed E-state index contributed by atoms with van der Waals surface area (Å²) in [5.41, 5.74) is 2.24. The van der Waals surface area contributed by atoms with Gasteiger partial charge >= 0.3 is 0 Å². The van der Waals surface area contributed by atoms with E-state index in [2.05, 4.69) is 29.2 Å². The Kier molecular flexibility index (Phi) is 5.11. The first-order valence-corrected chi connectivity index (χ1v) is 11.0. The van der Waals surface area contributed by atoms with Gasteiger partial charge in [-0.1, -0.05) is 60.7 Å². The molecule has 2 aromatic carbocycles. The van der Waals surface area contributed by atoms with E-state index in [1.54, 1.807) is 4.31 Å². The van der Waals surface area contributed by atoms with Crippen LogP contribution in [0.25, 0.3) is 0 Å². The lowest BCUT2D eigenvalue weighted by Gasteiger charge is -2.43. The smallest absolute Gasteiger partial charge is 0.218 e. The molecule has 0 saturated carbocycles. The highest BCUT2D eigenvalue weighted by atomic mass is 32.2. The highest BCUT2D eigenvalue weighted by Crippen LogP contribution is 2.34. The number of hydrogen-bond donors (Lipinski definition) is 0. The van der Waals surface area contributed by atoms with Crippen molar-refractivity contribution >= 4 is 10.0 Å². The molecule has 2 saturated heterocycles. The van der Waals surface area contributed by atoms with Crippen LogP contribution in [0.3, 0.4) is 0 Å². The molecular formula is C21H26N2O2S. The van der Waals surface area contributed by atoms with Gasteiger partial charge in [-0.3, -0.25) is 4.90 Å². The van der Waals surface area contributed by atoms with Crippen LogP contribution in [0.4, 0.5) is 0 Å². The molecule has 2 heterocycles. The molecule has 5 heteroatoms. The summed E-state index contributed by atoms with van der Waals surface area (Å²) in [6.07, 6.45) is 2.22. The van der Waals surface area contributed by atoms with Gasteiger partial charge in [0, 0.05) is 31.6 Å². The Morgan fingerprint density at radius 3 is 2.19 bits per heavy atom. The molecule has 0 spiro atoms. The molecule has 2 aliphatic heterocycles. The SMILES string of the molecule is O=S(=O)(Cc1ccccc1)N1CC2CN(CCCc3ccccc3)C2C1. The van der Waals surface area contributed by atoms with Crippen molar-refractivity contribution in [3.05, 3.63) is 71.8 Å². The van der Waals surface area contributed by atoms with Crippen molar-refractivity contribution in [1.29, 1.82) is 0 Å². The normalized spacial score (nSPS) is 23.5. The molecule has 0 aliphatic carbocycles. The minimum Gasteiger partial charge on any atom is -0.298 e. The molecule has 4 rings (SSSR count). The predicted octanol–water partition coefficient (Wildman–Crippen LogP) is 2.77. The molecule has 2 fully saturated rings. The van der Waals surface area contributed by atoms with E-state index in [1.165, 1.54) is 5.56 Å². The number of hydrogen-bond acceptors (Lipinski definition) is 3. The van der Waals surface area contributed by atoms with E-state index in [1.807, 2.05) is 36.4 Å². The van der Waals surface area contributed by atoms with Gasteiger partial charge in [0.25, 0.3) is 0 Å². The molecule has 0 aromatic heterocycles. The quantitative estimate of drug-likeness (QED) is 0.752. The van der Waals surface area contributed by atoms with Gasteiger partial charge in [-0.2, -0.15) is 4.31 Å². The van der Waals surface area contributed by atoms with Crippen molar-refractivity contribution in [3.63, 3.8) is 0 Å². The molecule has 26 heavy (non-hydrogen) atoms. The Morgan fingerprint density at radius 1 is 0.846 bits per heavy atom. The fourth-order valence-corrected chi connectivity index (χ4v) is 5.79. The summed E-state index contributed by atoms with van der Waals surface area (Å²) in [6, 6.07) is 20.5. The van der Waals surface area contributed by atoms with Gasteiger partial charge in [-0.25, -0.2) is 8.42 Å². The van der Waals surface area contributed by atoms with Gasteiger partial charge < -0.3 is 0 Å². The number of rotatable bonds is 7. The van der Waals surface area contributed by atoms with Crippen LogP contribution in [-0.4, -0.2) is 49.8 Å². The lowest BCUT2D eigenvalue weighted by Crippen LogP contribution is -2.55. The zero-order valence-electron chi connectivity index (χ0n) is 15.0. The van der Waals surface area contributed by atoms with Gasteiger partial charge in [0.05, 0.1) is 5.75 Å². The van der Waals surface area contributed by atoms with E-state index >= 15 is 0 Å². The third-order valence-electron chi connectivity index (χ3n) is 5.65. The van der Waals surface area contributed by atoms with E-state index < -0.39 is 10.0 Å². The summed E-state index contributed by atoms with van der Waals surface area (Å²) >= 11 is 0. The topological polar surface area (TPSA) is 40.6 Å².